The summed E-state index contributed by atoms with van der Waals surface area (Å²) in [7, 11) is 1.44. The summed E-state index contributed by atoms with van der Waals surface area (Å²) >= 11 is 5.89. The number of hydrogen-bond donors (Lipinski definition) is 1. The number of esters is 1. The fraction of sp³-hybridized carbons (Fsp3) is 0.100. The molecule has 0 radical (unpaired) electrons. The van der Waals surface area contributed by atoms with Crippen LogP contribution in [0, 0.1) is 0 Å². The van der Waals surface area contributed by atoms with Crippen LogP contribution in [-0.4, -0.2) is 25.6 Å². The van der Waals surface area contributed by atoms with E-state index in [2.05, 4.69) is 5.32 Å². The fourth-order valence-corrected chi connectivity index (χ4v) is 2.68. The van der Waals surface area contributed by atoms with Crippen LogP contribution in [-0.2, 0) is 9.53 Å². The molecule has 0 aliphatic carbocycles. The molecule has 6 heteroatoms. The van der Waals surface area contributed by atoms with E-state index in [0.717, 1.165) is 10.8 Å². The summed E-state index contributed by atoms with van der Waals surface area (Å²) in [5.74, 6) is -0.790. The molecule has 1 amide bonds. The Bertz CT molecular complexity index is 971. The molecular formula is C20H16ClNO4. The highest BCUT2D eigenvalue weighted by molar-refractivity contribution is 6.31. The Morgan fingerprint density at radius 1 is 1.00 bits per heavy atom. The van der Waals surface area contributed by atoms with Gasteiger partial charge in [-0.25, -0.2) is 4.79 Å². The molecule has 3 aromatic carbocycles. The number of hydrogen-bond acceptors (Lipinski definition) is 4. The van der Waals surface area contributed by atoms with E-state index >= 15 is 0 Å². The van der Waals surface area contributed by atoms with Crippen molar-refractivity contribution >= 4 is 39.9 Å². The molecule has 0 heterocycles. The van der Waals surface area contributed by atoms with Gasteiger partial charge in [-0.3, -0.25) is 4.79 Å². The van der Waals surface area contributed by atoms with Crippen molar-refractivity contribution in [3.05, 3.63) is 71.2 Å². The molecule has 0 aliphatic heterocycles. The molecule has 0 saturated heterocycles. The molecular weight excluding hydrogens is 354 g/mol. The van der Waals surface area contributed by atoms with Crippen LogP contribution in [0.4, 0.5) is 5.69 Å². The summed E-state index contributed by atoms with van der Waals surface area (Å²) < 4.78 is 10.2. The molecule has 0 fully saturated rings. The topological polar surface area (TPSA) is 64.6 Å². The van der Waals surface area contributed by atoms with E-state index in [1.807, 2.05) is 36.4 Å². The van der Waals surface area contributed by atoms with E-state index in [-0.39, 0.29) is 5.56 Å². The molecule has 0 aromatic heterocycles. The van der Waals surface area contributed by atoms with Crippen molar-refractivity contribution in [1.29, 1.82) is 0 Å². The second-order valence-corrected chi connectivity index (χ2v) is 5.97. The lowest BCUT2D eigenvalue weighted by Crippen LogP contribution is -2.21. The quantitative estimate of drug-likeness (QED) is 0.681. The molecule has 0 saturated carbocycles. The Balaban J connectivity index is 1.63. The number of rotatable bonds is 5. The Labute approximate surface area is 155 Å². The maximum atomic E-state index is 12.2. The summed E-state index contributed by atoms with van der Waals surface area (Å²) in [4.78, 5) is 24.2. The van der Waals surface area contributed by atoms with Crippen LogP contribution in [0.1, 0.15) is 10.4 Å². The first kappa shape index (κ1) is 17.8. The number of nitrogens with one attached hydrogen (secondary N) is 1. The monoisotopic (exact) mass is 369 g/mol. The number of carbonyl (C=O) groups is 2. The van der Waals surface area contributed by atoms with Gasteiger partial charge >= 0.3 is 5.97 Å². The zero-order valence-corrected chi connectivity index (χ0v) is 14.7. The van der Waals surface area contributed by atoms with Gasteiger partial charge in [-0.2, -0.15) is 0 Å². The third kappa shape index (κ3) is 4.13. The number of benzene rings is 3. The van der Waals surface area contributed by atoms with Crippen LogP contribution >= 0.6 is 11.6 Å². The number of ether oxygens (including phenoxy) is 2. The molecule has 3 rings (SSSR count). The third-order valence-corrected chi connectivity index (χ3v) is 3.98. The Morgan fingerprint density at radius 2 is 1.77 bits per heavy atom. The first-order chi connectivity index (χ1) is 12.6. The molecule has 1 N–H and O–H groups in total. The number of carbonyl (C=O) groups excluding carboxylic acids is 2. The van der Waals surface area contributed by atoms with Gasteiger partial charge in [0.2, 0.25) is 0 Å². The van der Waals surface area contributed by atoms with E-state index < -0.39 is 18.5 Å². The van der Waals surface area contributed by atoms with Crippen LogP contribution in [0.15, 0.2) is 60.7 Å². The lowest BCUT2D eigenvalue weighted by Gasteiger charge is -2.10. The van der Waals surface area contributed by atoms with Crippen LogP contribution in [0.25, 0.3) is 10.8 Å². The fourth-order valence-electron chi connectivity index (χ4n) is 2.51. The molecule has 26 heavy (non-hydrogen) atoms. The van der Waals surface area contributed by atoms with E-state index in [9.17, 15) is 9.59 Å². The molecule has 5 nitrogen and oxygen atoms in total. The van der Waals surface area contributed by atoms with Gasteiger partial charge in [0.1, 0.15) is 11.3 Å². The number of halogens is 1. The second-order valence-electron chi connectivity index (χ2n) is 5.53. The van der Waals surface area contributed by atoms with Crippen molar-refractivity contribution in [1.82, 2.24) is 0 Å². The summed E-state index contributed by atoms with van der Waals surface area (Å²) in [6.07, 6.45) is 0. The van der Waals surface area contributed by atoms with Gasteiger partial charge in [0, 0.05) is 10.7 Å². The van der Waals surface area contributed by atoms with Gasteiger partial charge in [0.25, 0.3) is 5.91 Å². The summed E-state index contributed by atoms with van der Waals surface area (Å²) in [6.45, 7) is -0.415. The van der Waals surface area contributed by atoms with Crippen LogP contribution < -0.4 is 10.1 Å². The van der Waals surface area contributed by atoms with E-state index in [4.69, 9.17) is 21.1 Å². The summed E-state index contributed by atoms with van der Waals surface area (Å²) in [6, 6.07) is 18.0. The highest BCUT2D eigenvalue weighted by atomic mass is 35.5. The highest BCUT2D eigenvalue weighted by Crippen LogP contribution is 2.23. The van der Waals surface area contributed by atoms with Gasteiger partial charge in [0.05, 0.1) is 7.11 Å². The van der Waals surface area contributed by atoms with E-state index in [0.29, 0.717) is 16.5 Å². The lowest BCUT2D eigenvalue weighted by molar-refractivity contribution is -0.119. The smallest absolute Gasteiger partial charge is 0.342 e. The Morgan fingerprint density at radius 3 is 2.54 bits per heavy atom. The van der Waals surface area contributed by atoms with Crippen molar-refractivity contribution in [3.63, 3.8) is 0 Å². The van der Waals surface area contributed by atoms with Crippen LogP contribution in [0.2, 0.25) is 5.02 Å². The molecule has 0 atom stereocenters. The van der Waals surface area contributed by atoms with E-state index in [1.54, 1.807) is 18.2 Å². The minimum absolute atomic E-state index is 0.165. The normalized spacial score (nSPS) is 10.4. The number of amides is 1. The molecule has 0 aliphatic rings. The van der Waals surface area contributed by atoms with Gasteiger partial charge in [-0.05, 0) is 41.1 Å². The number of fused-ring (bicyclic) bond motifs is 1. The van der Waals surface area contributed by atoms with Crippen molar-refractivity contribution in [3.8, 4) is 5.75 Å². The SMILES string of the molecule is COc1ccc(Cl)cc1C(=O)OCC(=O)Nc1ccc2ccccc2c1. The van der Waals surface area contributed by atoms with Gasteiger partial charge in [-0.15, -0.1) is 0 Å². The predicted molar refractivity (Wildman–Crippen MR) is 101 cm³/mol. The maximum Gasteiger partial charge on any atom is 0.342 e. The van der Waals surface area contributed by atoms with Crippen molar-refractivity contribution < 1.29 is 19.1 Å². The number of anilines is 1. The first-order valence-electron chi connectivity index (χ1n) is 7.86. The minimum atomic E-state index is -0.682. The highest BCUT2D eigenvalue weighted by Gasteiger charge is 2.16. The molecule has 0 unspecified atom stereocenters. The lowest BCUT2D eigenvalue weighted by atomic mass is 10.1. The van der Waals surface area contributed by atoms with Crippen LogP contribution in [0.3, 0.4) is 0 Å². The van der Waals surface area contributed by atoms with Crippen molar-refractivity contribution in [2.75, 3.05) is 19.0 Å². The first-order valence-corrected chi connectivity index (χ1v) is 8.24. The molecule has 132 valence electrons. The second kappa shape index (κ2) is 7.89. The molecule has 0 spiro atoms. The Kier molecular flexibility index (Phi) is 5.39. The van der Waals surface area contributed by atoms with Gasteiger partial charge < -0.3 is 14.8 Å². The minimum Gasteiger partial charge on any atom is -0.496 e. The Hall–Kier alpha value is -3.05. The summed E-state index contributed by atoms with van der Waals surface area (Å²) in [5, 5.41) is 5.16. The predicted octanol–water partition coefficient (Wildman–Crippen LogP) is 4.30. The zero-order chi connectivity index (χ0) is 18.5. The van der Waals surface area contributed by atoms with E-state index in [1.165, 1.54) is 13.2 Å². The average molecular weight is 370 g/mol. The van der Waals surface area contributed by atoms with Crippen LogP contribution in [0.5, 0.6) is 5.75 Å². The largest absolute Gasteiger partial charge is 0.496 e. The standard InChI is InChI=1S/C20H16ClNO4/c1-25-18-9-7-15(21)11-17(18)20(24)26-12-19(23)22-16-8-6-13-4-2-3-5-14(13)10-16/h2-11H,12H2,1H3,(H,22,23). The zero-order valence-electron chi connectivity index (χ0n) is 14.0. The summed E-state index contributed by atoms with van der Waals surface area (Å²) in [5.41, 5.74) is 0.795. The maximum absolute atomic E-state index is 12.2. The van der Waals surface area contributed by atoms with Gasteiger partial charge in [-0.1, -0.05) is 41.9 Å². The molecule has 3 aromatic rings. The van der Waals surface area contributed by atoms with Crippen molar-refractivity contribution in [2.45, 2.75) is 0 Å². The third-order valence-electron chi connectivity index (χ3n) is 3.75. The van der Waals surface area contributed by atoms with Crippen molar-refractivity contribution in [2.24, 2.45) is 0 Å². The number of methoxy groups -OCH3 is 1. The van der Waals surface area contributed by atoms with Gasteiger partial charge in [0.15, 0.2) is 6.61 Å². The average Bonchev–Trinajstić information content (AvgIpc) is 2.66. The molecule has 0 bridgehead atoms.